The largest absolute Gasteiger partial charge is 0.467 e. The number of piperidine rings is 1. The third kappa shape index (κ3) is 4.41. The molecule has 23 heavy (non-hydrogen) atoms. The van der Waals surface area contributed by atoms with Gasteiger partial charge in [0.25, 0.3) is 0 Å². The number of furan rings is 1. The van der Waals surface area contributed by atoms with Crippen molar-refractivity contribution in [3.05, 3.63) is 36.8 Å². The molecule has 7 heteroatoms. The molecule has 0 unspecified atom stereocenters. The minimum Gasteiger partial charge on any atom is -0.467 e. The molecule has 0 N–H and O–H groups in total. The molecule has 2 aromatic heterocycles. The van der Waals surface area contributed by atoms with Crippen molar-refractivity contribution in [3.63, 3.8) is 0 Å². The van der Waals surface area contributed by atoms with Crippen LogP contribution in [0.4, 0.5) is 0 Å². The SMILES string of the molecule is CN(Cc1ccco1)C(=O)CN1CCC[C@@H](Cn2cncn2)C1. The van der Waals surface area contributed by atoms with Crippen LogP contribution in [0.1, 0.15) is 18.6 Å². The zero-order valence-corrected chi connectivity index (χ0v) is 13.5. The van der Waals surface area contributed by atoms with Crippen molar-refractivity contribution >= 4 is 5.91 Å². The van der Waals surface area contributed by atoms with E-state index in [0.29, 0.717) is 19.0 Å². The van der Waals surface area contributed by atoms with Crippen LogP contribution in [0, 0.1) is 5.92 Å². The Morgan fingerprint density at radius 1 is 1.52 bits per heavy atom. The molecule has 1 atom stereocenters. The zero-order valence-electron chi connectivity index (χ0n) is 13.5. The molecule has 0 bridgehead atoms. The first-order chi connectivity index (χ1) is 11.2. The number of rotatable bonds is 6. The molecule has 1 aliphatic heterocycles. The Bertz CT molecular complexity index is 596. The van der Waals surface area contributed by atoms with Crippen molar-refractivity contribution in [1.82, 2.24) is 24.6 Å². The van der Waals surface area contributed by atoms with E-state index in [1.54, 1.807) is 23.8 Å². The number of likely N-dealkylation sites (N-methyl/N-ethyl adjacent to an activating group) is 1. The Labute approximate surface area is 135 Å². The number of likely N-dealkylation sites (tertiary alicyclic amines) is 1. The molecule has 0 aliphatic carbocycles. The molecule has 0 saturated carbocycles. The lowest BCUT2D eigenvalue weighted by Crippen LogP contribution is -2.43. The molecule has 2 aromatic rings. The summed E-state index contributed by atoms with van der Waals surface area (Å²) in [6, 6.07) is 3.73. The Morgan fingerprint density at radius 2 is 2.43 bits per heavy atom. The summed E-state index contributed by atoms with van der Waals surface area (Å²) in [4.78, 5) is 20.3. The predicted octanol–water partition coefficient (Wildman–Crippen LogP) is 1.24. The highest BCUT2D eigenvalue weighted by Crippen LogP contribution is 2.18. The Kier molecular flexibility index (Phi) is 5.07. The summed E-state index contributed by atoms with van der Waals surface area (Å²) in [5.74, 6) is 1.46. The summed E-state index contributed by atoms with van der Waals surface area (Å²) in [7, 11) is 1.82. The molecule has 1 saturated heterocycles. The first-order valence-corrected chi connectivity index (χ1v) is 8.02. The highest BCUT2D eigenvalue weighted by Gasteiger charge is 2.23. The van der Waals surface area contributed by atoms with Gasteiger partial charge in [-0.05, 0) is 37.4 Å². The second kappa shape index (κ2) is 7.41. The molecule has 0 radical (unpaired) electrons. The fourth-order valence-electron chi connectivity index (χ4n) is 3.07. The standard InChI is InChI=1S/C16H23N5O2/c1-19(10-15-5-3-7-23-15)16(22)11-20-6-2-4-14(8-20)9-21-13-17-12-18-21/h3,5,7,12-14H,2,4,6,8-11H2,1H3/t14-/m1/s1. The van der Waals surface area contributed by atoms with Gasteiger partial charge in [0, 0.05) is 20.1 Å². The van der Waals surface area contributed by atoms with E-state index in [-0.39, 0.29) is 5.91 Å². The van der Waals surface area contributed by atoms with Crippen LogP contribution in [0.25, 0.3) is 0 Å². The van der Waals surface area contributed by atoms with Crippen LogP contribution in [-0.2, 0) is 17.9 Å². The number of hydrogen-bond donors (Lipinski definition) is 0. The smallest absolute Gasteiger partial charge is 0.236 e. The number of carbonyl (C=O) groups excluding carboxylic acids is 1. The van der Waals surface area contributed by atoms with Gasteiger partial charge in [0.15, 0.2) is 0 Å². The lowest BCUT2D eigenvalue weighted by atomic mass is 9.98. The van der Waals surface area contributed by atoms with Crippen LogP contribution in [0.2, 0.25) is 0 Å². The minimum absolute atomic E-state index is 0.128. The summed E-state index contributed by atoms with van der Waals surface area (Å²) >= 11 is 0. The predicted molar refractivity (Wildman–Crippen MR) is 84.4 cm³/mol. The van der Waals surface area contributed by atoms with Crippen LogP contribution in [-0.4, -0.2) is 57.2 Å². The van der Waals surface area contributed by atoms with Crippen LogP contribution in [0.5, 0.6) is 0 Å². The zero-order chi connectivity index (χ0) is 16.1. The van der Waals surface area contributed by atoms with Gasteiger partial charge >= 0.3 is 0 Å². The van der Waals surface area contributed by atoms with Gasteiger partial charge in [0.05, 0.1) is 19.4 Å². The van der Waals surface area contributed by atoms with Gasteiger partial charge < -0.3 is 9.32 Å². The summed E-state index contributed by atoms with van der Waals surface area (Å²) in [5, 5.41) is 4.17. The number of aromatic nitrogens is 3. The summed E-state index contributed by atoms with van der Waals surface area (Å²) in [6.07, 6.45) is 7.24. The highest BCUT2D eigenvalue weighted by atomic mass is 16.3. The fraction of sp³-hybridized carbons (Fsp3) is 0.562. The molecule has 7 nitrogen and oxygen atoms in total. The molecule has 0 spiro atoms. The Hall–Kier alpha value is -2.15. The molecule has 1 amide bonds. The third-order valence-electron chi connectivity index (χ3n) is 4.27. The van der Waals surface area contributed by atoms with Gasteiger partial charge in [-0.2, -0.15) is 5.10 Å². The summed E-state index contributed by atoms with van der Waals surface area (Å²) in [5.41, 5.74) is 0. The van der Waals surface area contributed by atoms with E-state index >= 15 is 0 Å². The summed E-state index contributed by atoms with van der Waals surface area (Å²) < 4.78 is 7.17. The third-order valence-corrected chi connectivity index (χ3v) is 4.27. The van der Waals surface area contributed by atoms with Gasteiger partial charge in [-0.3, -0.25) is 14.4 Å². The molecule has 3 heterocycles. The first kappa shape index (κ1) is 15.7. The maximum absolute atomic E-state index is 12.4. The number of carbonyl (C=O) groups is 1. The molecule has 3 rings (SSSR count). The van der Waals surface area contributed by atoms with Gasteiger partial charge in [-0.1, -0.05) is 0 Å². The Balaban J connectivity index is 1.47. The van der Waals surface area contributed by atoms with Crippen molar-refractivity contribution in [2.45, 2.75) is 25.9 Å². The molecule has 124 valence electrons. The Morgan fingerprint density at radius 3 is 3.17 bits per heavy atom. The van der Waals surface area contributed by atoms with Crippen LogP contribution >= 0.6 is 0 Å². The van der Waals surface area contributed by atoms with Crippen LogP contribution < -0.4 is 0 Å². The van der Waals surface area contributed by atoms with Gasteiger partial charge in [-0.25, -0.2) is 4.98 Å². The topological polar surface area (TPSA) is 67.4 Å². The van der Waals surface area contributed by atoms with E-state index in [1.165, 1.54) is 6.42 Å². The maximum Gasteiger partial charge on any atom is 0.236 e. The molecule has 0 aromatic carbocycles. The van der Waals surface area contributed by atoms with Crippen molar-refractivity contribution in [2.24, 2.45) is 5.92 Å². The minimum atomic E-state index is 0.128. The lowest BCUT2D eigenvalue weighted by Gasteiger charge is -2.33. The second-order valence-electron chi connectivity index (χ2n) is 6.19. The van der Waals surface area contributed by atoms with E-state index in [2.05, 4.69) is 15.0 Å². The van der Waals surface area contributed by atoms with E-state index in [1.807, 2.05) is 23.9 Å². The number of amides is 1. The van der Waals surface area contributed by atoms with Crippen LogP contribution in [0.3, 0.4) is 0 Å². The molecular formula is C16H23N5O2. The van der Waals surface area contributed by atoms with E-state index in [9.17, 15) is 4.79 Å². The second-order valence-corrected chi connectivity index (χ2v) is 6.19. The first-order valence-electron chi connectivity index (χ1n) is 8.02. The van der Waals surface area contributed by atoms with Gasteiger partial charge in [0.2, 0.25) is 5.91 Å². The molecule has 1 fully saturated rings. The highest BCUT2D eigenvalue weighted by molar-refractivity contribution is 5.77. The number of hydrogen-bond acceptors (Lipinski definition) is 5. The van der Waals surface area contributed by atoms with Gasteiger partial charge in [-0.15, -0.1) is 0 Å². The average molecular weight is 317 g/mol. The van der Waals surface area contributed by atoms with Crippen molar-refractivity contribution in [1.29, 1.82) is 0 Å². The average Bonchev–Trinajstić information content (AvgIpc) is 3.21. The molecular weight excluding hydrogens is 294 g/mol. The lowest BCUT2D eigenvalue weighted by molar-refractivity contribution is -0.132. The van der Waals surface area contributed by atoms with Crippen LogP contribution in [0.15, 0.2) is 35.5 Å². The van der Waals surface area contributed by atoms with Gasteiger partial charge in [0.1, 0.15) is 18.4 Å². The quantitative estimate of drug-likeness (QED) is 0.802. The number of nitrogens with zero attached hydrogens (tertiary/aromatic N) is 5. The normalized spacial score (nSPS) is 18.9. The van der Waals surface area contributed by atoms with Crippen molar-refractivity contribution < 1.29 is 9.21 Å². The maximum atomic E-state index is 12.4. The monoisotopic (exact) mass is 317 g/mol. The molecule has 1 aliphatic rings. The summed E-state index contributed by atoms with van der Waals surface area (Å²) in [6.45, 7) is 3.76. The van der Waals surface area contributed by atoms with Crippen molar-refractivity contribution in [3.8, 4) is 0 Å². The fourth-order valence-corrected chi connectivity index (χ4v) is 3.07. The van der Waals surface area contributed by atoms with E-state index in [4.69, 9.17) is 4.42 Å². The van der Waals surface area contributed by atoms with E-state index < -0.39 is 0 Å². The van der Waals surface area contributed by atoms with Crippen molar-refractivity contribution in [2.75, 3.05) is 26.7 Å². The van der Waals surface area contributed by atoms with E-state index in [0.717, 1.165) is 31.8 Å².